The Kier molecular flexibility index (Phi) is 6.62. The monoisotopic (exact) mass is 290 g/mol. The predicted molar refractivity (Wildman–Crippen MR) is 79.3 cm³/mol. The molecule has 1 heteroatoms. The molecule has 0 N–H and O–H groups in total. The molecule has 0 rings (SSSR count). The highest BCUT2D eigenvalue weighted by Gasteiger charge is 2.39. The van der Waals surface area contributed by atoms with Crippen LogP contribution in [0, 0.1) is 16.7 Å². The van der Waals surface area contributed by atoms with E-state index in [4.69, 9.17) is 0 Å². The van der Waals surface area contributed by atoms with Crippen LogP contribution in [0.15, 0.2) is 0 Å². The van der Waals surface area contributed by atoms with Gasteiger partial charge in [-0.1, -0.05) is 77.2 Å². The van der Waals surface area contributed by atoms with Crippen LogP contribution in [0.4, 0.5) is 0 Å². The first-order valence-electron chi connectivity index (χ1n) is 6.79. The summed E-state index contributed by atoms with van der Waals surface area (Å²) in [5.41, 5.74) is 0.786. The van der Waals surface area contributed by atoms with Gasteiger partial charge in [-0.15, -0.1) is 0 Å². The van der Waals surface area contributed by atoms with Crippen molar-refractivity contribution in [1.29, 1.82) is 0 Å². The molecule has 16 heavy (non-hydrogen) atoms. The first-order valence-corrected chi connectivity index (χ1v) is 7.70. The molecular formula is C15H31Br. The normalized spacial score (nSPS) is 15.6. The number of hydrogen-bond donors (Lipinski definition) is 0. The molecule has 0 fully saturated rings. The molecule has 0 heterocycles. The molecule has 0 aliphatic carbocycles. The van der Waals surface area contributed by atoms with Crippen LogP contribution in [0.25, 0.3) is 0 Å². The molecule has 1 atom stereocenters. The van der Waals surface area contributed by atoms with Gasteiger partial charge in [0.15, 0.2) is 0 Å². The summed E-state index contributed by atoms with van der Waals surface area (Å²) < 4.78 is 0. The Hall–Kier alpha value is 0.480. The maximum Gasteiger partial charge on any atom is 0.0151 e. The molecule has 98 valence electrons. The van der Waals surface area contributed by atoms with Gasteiger partial charge >= 0.3 is 0 Å². The maximum absolute atomic E-state index is 3.86. The molecule has 0 bridgehead atoms. The summed E-state index contributed by atoms with van der Waals surface area (Å²) >= 11 is 3.86. The molecule has 0 aromatic carbocycles. The van der Waals surface area contributed by atoms with E-state index in [1.807, 2.05) is 0 Å². The van der Waals surface area contributed by atoms with E-state index in [2.05, 4.69) is 64.4 Å². The van der Waals surface area contributed by atoms with E-state index >= 15 is 0 Å². The van der Waals surface area contributed by atoms with Crippen molar-refractivity contribution in [2.75, 3.05) is 0 Å². The fourth-order valence-corrected chi connectivity index (χ4v) is 3.26. The Bertz CT molecular complexity index is 192. The lowest BCUT2D eigenvalue weighted by atomic mass is 9.60. The van der Waals surface area contributed by atoms with E-state index in [9.17, 15) is 0 Å². The smallest absolute Gasteiger partial charge is 0.0151 e. The molecule has 0 saturated heterocycles. The van der Waals surface area contributed by atoms with Crippen LogP contribution in [0.3, 0.4) is 0 Å². The number of hydrogen-bond acceptors (Lipinski definition) is 0. The van der Waals surface area contributed by atoms with Crippen LogP contribution < -0.4 is 0 Å². The highest BCUT2D eigenvalue weighted by Crippen LogP contribution is 2.48. The molecule has 0 spiro atoms. The van der Waals surface area contributed by atoms with Gasteiger partial charge in [0.25, 0.3) is 0 Å². The lowest BCUT2D eigenvalue weighted by Gasteiger charge is -2.46. The van der Waals surface area contributed by atoms with E-state index in [0.29, 0.717) is 15.7 Å². The van der Waals surface area contributed by atoms with Crippen molar-refractivity contribution >= 4 is 15.9 Å². The van der Waals surface area contributed by atoms with Crippen molar-refractivity contribution in [3.8, 4) is 0 Å². The Labute approximate surface area is 112 Å². The first-order chi connectivity index (χ1) is 7.15. The summed E-state index contributed by atoms with van der Waals surface area (Å²) in [6, 6.07) is 0. The molecule has 0 amide bonds. The van der Waals surface area contributed by atoms with E-state index in [-0.39, 0.29) is 0 Å². The number of alkyl halides is 1. The van der Waals surface area contributed by atoms with Gasteiger partial charge in [-0.05, 0) is 29.6 Å². The average Bonchev–Trinajstić information content (AvgIpc) is 2.13. The predicted octanol–water partition coefficient (Wildman–Crippen LogP) is 6.04. The minimum Gasteiger partial charge on any atom is -0.0890 e. The fraction of sp³-hybridized carbons (Fsp3) is 1.00. The fourth-order valence-electron chi connectivity index (χ4n) is 2.13. The molecule has 0 aliphatic rings. The molecule has 0 aromatic rings. The molecule has 0 saturated carbocycles. The lowest BCUT2D eigenvalue weighted by Crippen LogP contribution is -2.38. The highest BCUT2D eigenvalue weighted by atomic mass is 79.9. The van der Waals surface area contributed by atoms with Crippen molar-refractivity contribution in [3.63, 3.8) is 0 Å². The molecule has 1 unspecified atom stereocenters. The van der Waals surface area contributed by atoms with E-state index in [0.717, 1.165) is 5.92 Å². The summed E-state index contributed by atoms with van der Waals surface area (Å²) in [5.74, 6) is 0.730. The van der Waals surface area contributed by atoms with Gasteiger partial charge in [0.2, 0.25) is 0 Å². The third-order valence-corrected chi connectivity index (χ3v) is 5.57. The van der Waals surface area contributed by atoms with Crippen molar-refractivity contribution in [3.05, 3.63) is 0 Å². The standard InChI is InChI=1S/C15H31Br/c1-8-9-10-13(16)11-14(4,5)15(6,7)12(2)3/h12-13H,8-11H2,1-7H3. The molecule has 0 nitrogen and oxygen atoms in total. The summed E-state index contributed by atoms with van der Waals surface area (Å²) in [5, 5.41) is 0. The highest BCUT2D eigenvalue weighted by molar-refractivity contribution is 9.09. The number of rotatable bonds is 7. The summed E-state index contributed by atoms with van der Waals surface area (Å²) in [6.45, 7) is 16.6. The second-order valence-electron chi connectivity index (χ2n) is 6.70. The van der Waals surface area contributed by atoms with Gasteiger partial charge in [-0.25, -0.2) is 0 Å². The van der Waals surface area contributed by atoms with Crippen LogP contribution in [0.2, 0.25) is 0 Å². The second kappa shape index (κ2) is 6.42. The third-order valence-electron chi connectivity index (χ3n) is 4.79. The van der Waals surface area contributed by atoms with Gasteiger partial charge < -0.3 is 0 Å². The van der Waals surface area contributed by atoms with E-state index in [1.165, 1.54) is 25.7 Å². The zero-order valence-electron chi connectivity index (χ0n) is 12.4. The van der Waals surface area contributed by atoms with Crippen LogP contribution >= 0.6 is 15.9 Å². The minimum absolute atomic E-state index is 0.392. The second-order valence-corrected chi connectivity index (χ2v) is 8.00. The van der Waals surface area contributed by atoms with Crippen LogP contribution in [0.5, 0.6) is 0 Å². The van der Waals surface area contributed by atoms with Gasteiger partial charge in [-0.2, -0.15) is 0 Å². The molecule has 0 radical (unpaired) electrons. The largest absolute Gasteiger partial charge is 0.0890 e. The Morgan fingerprint density at radius 3 is 1.94 bits per heavy atom. The van der Waals surface area contributed by atoms with Crippen molar-refractivity contribution < 1.29 is 0 Å². The first kappa shape index (κ1) is 16.5. The Morgan fingerprint density at radius 2 is 1.56 bits per heavy atom. The SMILES string of the molecule is CCCCC(Br)CC(C)(C)C(C)(C)C(C)C. The van der Waals surface area contributed by atoms with Crippen LogP contribution in [-0.2, 0) is 0 Å². The van der Waals surface area contributed by atoms with Crippen molar-refractivity contribution in [2.45, 2.75) is 79.0 Å². The zero-order chi connectivity index (χ0) is 13.0. The van der Waals surface area contributed by atoms with Gasteiger partial charge in [0.05, 0.1) is 0 Å². The molecule has 0 aromatic heterocycles. The number of halogens is 1. The van der Waals surface area contributed by atoms with Gasteiger partial charge in [0.1, 0.15) is 0 Å². The van der Waals surface area contributed by atoms with Crippen molar-refractivity contribution in [2.24, 2.45) is 16.7 Å². The summed E-state index contributed by atoms with van der Waals surface area (Å²) in [6.07, 6.45) is 5.23. The van der Waals surface area contributed by atoms with Gasteiger partial charge in [0, 0.05) is 4.83 Å². The summed E-state index contributed by atoms with van der Waals surface area (Å²) in [4.78, 5) is 0.681. The van der Waals surface area contributed by atoms with E-state index in [1.54, 1.807) is 0 Å². The molecular weight excluding hydrogens is 260 g/mol. The topological polar surface area (TPSA) is 0 Å². The Balaban J connectivity index is 4.43. The third kappa shape index (κ3) is 4.39. The van der Waals surface area contributed by atoms with E-state index < -0.39 is 0 Å². The lowest BCUT2D eigenvalue weighted by molar-refractivity contribution is 0.0471. The summed E-state index contributed by atoms with van der Waals surface area (Å²) in [7, 11) is 0. The number of unbranched alkanes of at least 4 members (excludes halogenated alkanes) is 1. The average molecular weight is 291 g/mol. The Morgan fingerprint density at radius 1 is 1.06 bits per heavy atom. The quantitative estimate of drug-likeness (QED) is 0.502. The van der Waals surface area contributed by atoms with Crippen LogP contribution in [0.1, 0.15) is 74.1 Å². The van der Waals surface area contributed by atoms with Crippen LogP contribution in [-0.4, -0.2) is 4.83 Å². The minimum atomic E-state index is 0.392. The molecule has 0 aliphatic heterocycles. The zero-order valence-corrected chi connectivity index (χ0v) is 13.9. The van der Waals surface area contributed by atoms with Gasteiger partial charge in [-0.3, -0.25) is 0 Å². The maximum atomic E-state index is 3.86. The van der Waals surface area contributed by atoms with Crippen molar-refractivity contribution in [1.82, 2.24) is 0 Å².